The molecule has 0 saturated carbocycles. The molecule has 1 atom stereocenters. The van der Waals surface area contributed by atoms with Gasteiger partial charge in [0.2, 0.25) is 12.7 Å². The number of carbonyl (C=O) groups is 1. The molecule has 4 nitrogen and oxygen atoms in total. The van der Waals surface area contributed by atoms with E-state index >= 15 is 0 Å². The monoisotopic (exact) mass is 315 g/mol. The van der Waals surface area contributed by atoms with Gasteiger partial charge in [0.05, 0.1) is 6.04 Å². The Morgan fingerprint density at radius 1 is 1.17 bits per heavy atom. The number of ether oxygens (including phenoxy) is 2. The van der Waals surface area contributed by atoms with Gasteiger partial charge in [-0.1, -0.05) is 18.2 Å². The van der Waals surface area contributed by atoms with E-state index in [2.05, 4.69) is 5.32 Å². The number of carbonyl (C=O) groups excluding carboxylic acids is 1. The lowest BCUT2D eigenvalue weighted by Crippen LogP contribution is -2.26. The molecule has 1 aliphatic rings. The summed E-state index contributed by atoms with van der Waals surface area (Å²) in [5.41, 5.74) is 1.90. The number of nitrogens with one attached hydrogen (secondary N) is 1. The summed E-state index contributed by atoms with van der Waals surface area (Å²) in [7, 11) is 0. The predicted molar refractivity (Wildman–Crippen MR) is 83.8 cm³/mol. The van der Waals surface area contributed by atoms with Gasteiger partial charge >= 0.3 is 0 Å². The molecule has 1 amide bonds. The third kappa shape index (κ3) is 3.80. The number of aryl methyl sites for hydroxylation is 1. The van der Waals surface area contributed by atoms with Crippen molar-refractivity contribution in [2.24, 2.45) is 0 Å². The van der Waals surface area contributed by atoms with Crippen LogP contribution >= 0.6 is 0 Å². The van der Waals surface area contributed by atoms with Crippen LogP contribution in [0, 0.1) is 5.82 Å². The van der Waals surface area contributed by atoms with Crippen LogP contribution in [0.15, 0.2) is 42.5 Å². The average molecular weight is 315 g/mol. The van der Waals surface area contributed by atoms with Crippen LogP contribution in [-0.2, 0) is 11.2 Å². The molecule has 0 unspecified atom stereocenters. The van der Waals surface area contributed by atoms with Crippen molar-refractivity contribution in [1.29, 1.82) is 0 Å². The van der Waals surface area contributed by atoms with Crippen molar-refractivity contribution < 1.29 is 18.7 Å². The van der Waals surface area contributed by atoms with Crippen molar-refractivity contribution in [3.8, 4) is 11.5 Å². The molecular formula is C18H18FNO3. The second-order valence-corrected chi connectivity index (χ2v) is 5.53. The fraction of sp³-hybridized carbons (Fsp3) is 0.278. The molecule has 3 rings (SSSR count). The number of fused-ring (bicyclic) bond motifs is 1. The van der Waals surface area contributed by atoms with E-state index in [0.717, 1.165) is 22.6 Å². The lowest BCUT2D eigenvalue weighted by atomic mass is 10.1. The second-order valence-electron chi connectivity index (χ2n) is 5.53. The number of amides is 1. The van der Waals surface area contributed by atoms with Gasteiger partial charge in [-0.2, -0.15) is 0 Å². The third-order valence-corrected chi connectivity index (χ3v) is 3.83. The highest BCUT2D eigenvalue weighted by Crippen LogP contribution is 2.32. The quantitative estimate of drug-likeness (QED) is 0.920. The summed E-state index contributed by atoms with van der Waals surface area (Å²) >= 11 is 0. The minimum atomic E-state index is -0.282. The summed E-state index contributed by atoms with van der Waals surface area (Å²) < 4.78 is 23.5. The van der Waals surface area contributed by atoms with Crippen LogP contribution in [-0.4, -0.2) is 12.7 Å². The topological polar surface area (TPSA) is 47.6 Å². The SMILES string of the molecule is C[C@@H](NC(=O)CCc1ccc2c(c1)OCO2)c1ccc(F)cc1. The van der Waals surface area contributed by atoms with Crippen molar-refractivity contribution in [1.82, 2.24) is 5.32 Å². The minimum Gasteiger partial charge on any atom is -0.454 e. The molecule has 0 aliphatic carbocycles. The number of hydrogen-bond donors (Lipinski definition) is 1. The zero-order valence-corrected chi connectivity index (χ0v) is 12.8. The van der Waals surface area contributed by atoms with Crippen molar-refractivity contribution >= 4 is 5.91 Å². The van der Waals surface area contributed by atoms with E-state index in [4.69, 9.17) is 9.47 Å². The van der Waals surface area contributed by atoms with Gasteiger partial charge in [0.15, 0.2) is 11.5 Å². The zero-order valence-electron chi connectivity index (χ0n) is 12.8. The maximum Gasteiger partial charge on any atom is 0.231 e. The maximum absolute atomic E-state index is 12.9. The molecule has 0 aromatic heterocycles. The van der Waals surface area contributed by atoms with Crippen molar-refractivity contribution in [2.45, 2.75) is 25.8 Å². The highest BCUT2D eigenvalue weighted by Gasteiger charge is 2.14. The first-order chi connectivity index (χ1) is 11.1. The Morgan fingerprint density at radius 2 is 1.91 bits per heavy atom. The fourth-order valence-electron chi connectivity index (χ4n) is 2.50. The van der Waals surface area contributed by atoms with Crippen LogP contribution in [0.5, 0.6) is 11.5 Å². The number of halogens is 1. The zero-order chi connectivity index (χ0) is 16.2. The van der Waals surface area contributed by atoms with E-state index < -0.39 is 0 Å². The normalized spacial score (nSPS) is 13.7. The Balaban J connectivity index is 1.52. The molecule has 0 fully saturated rings. The van der Waals surface area contributed by atoms with Crippen molar-refractivity contribution in [2.75, 3.05) is 6.79 Å². The van der Waals surface area contributed by atoms with E-state index in [1.807, 2.05) is 25.1 Å². The van der Waals surface area contributed by atoms with Crippen molar-refractivity contribution in [3.05, 3.63) is 59.4 Å². The van der Waals surface area contributed by atoms with Crippen LogP contribution in [0.1, 0.15) is 30.5 Å². The molecule has 1 heterocycles. The van der Waals surface area contributed by atoms with Gasteiger partial charge in [-0.15, -0.1) is 0 Å². The Hall–Kier alpha value is -2.56. The Morgan fingerprint density at radius 3 is 2.70 bits per heavy atom. The molecule has 23 heavy (non-hydrogen) atoms. The lowest BCUT2D eigenvalue weighted by Gasteiger charge is -2.14. The fourth-order valence-corrected chi connectivity index (χ4v) is 2.50. The summed E-state index contributed by atoms with van der Waals surface area (Å²) in [5.74, 6) is 1.14. The molecule has 120 valence electrons. The lowest BCUT2D eigenvalue weighted by molar-refractivity contribution is -0.121. The molecule has 0 bridgehead atoms. The maximum atomic E-state index is 12.9. The van der Waals surface area contributed by atoms with Gasteiger partial charge in [-0.05, 0) is 48.7 Å². The molecule has 0 radical (unpaired) electrons. The Kier molecular flexibility index (Phi) is 4.46. The predicted octanol–water partition coefficient (Wildman–Crippen LogP) is 3.36. The molecular weight excluding hydrogens is 297 g/mol. The van der Waals surface area contributed by atoms with Gasteiger partial charge in [-0.25, -0.2) is 4.39 Å². The molecule has 0 spiro atoms. The van der Waals surface area contributed by atoms with E-state index in [1.54, 1.807) is 12.1 Å². The van der Waals surface area contributed by atoms with Gasteiger partial charge in [0.1, 0.15) is 5.82 Å². The van der Waals surface area contributed by atoms with Gasteiger partial charge in [0.25, 0.3) is 0 Å². The summed E-state index contributed by atoms with van der Waals surface area (Å²) in [6.07, 6.45) is 1.00. The van der Waals surface area contributed by atoms with E-state index in [1.165, 1.54) is 12.1 Å². The van der Waals surface area contributed by atoms with E-state index in [9.17, 15) is 9.18 Å². The first-order valence-corrected chi connectivity index (χ1v) is 7.55. The Labute approximate surface area is 134 Å². The molecule has 2 aromatic carbocycles. The van der Waals surface area contributed by atoms with Gasteiger partial charge in [0, 0.05) is 6.42 Å². The largest absolute Gasteiger partial charge is 0.454 e. The molecule has 0 saturated heterocycles. The second kappa shape index (κ2) is 6.69. The van der Waals surface area contributed by atoms with Crippen molar-refractivity contribution in [3.63, 3.8) is 0 Å². The van der Waals surface area contributed by atoms with Gasteiger partial charge in [-0.3, -0.25) is 4.79 Å². The van der Waals surface area contributed by atoms with Crippen LogP contribution < -0.4 is 14.8 Å². The third-order valence-electron chi connectivity index (χ3n) is 3.83. The minimum absolute atomic E-state index is 0.0421. The standard InChI is InChI=1S/C18H18FNO3/c1-12(14-4-6-15(19)7-5-14)20-18(21)9-3-13-2-8-16-17(10-13)23-11-22-16/h2,4-8,10,12H,3,9,11H2,1H3,(H,20,21)/t12-/m1/s1. The van der Waals surface area contributed by atoms with E-state index in [-0.39, 0.29) is 24.6 Å². The highest BCUT2D eigenvalue weighted by molar-refractivity contribution is 5.76. The van der Waals surface area contributed by atoms with Crippen LogP contribution in [0.3, 0.4) is 0 Å². The summed E-state index contributed by atoms with van der Waals surface area (Å²) in [4.78, 5) is 12.1. The van der Waals surface area contributed by atoms with Crippen LogP contribution in [0.25, 0.3) is 0 Å². The summed E-state index contributed by atoms with van der Waals surface area (Å²) in [6.45, 7) is 2.13. The molecule has 5 heteroatoms. The number of hydrogen-bond acceptors (Lipinski definition) is 3. The molecule has 1 aliphatic heterocycles. The number of rotatable bonds is 5. The Bertz CT molecular complexity index is 700. The van der Waals surface area contributed by atoms with E-state index in [0.29, 0.717) is 12.8 Å². The summed E-state index contributed by atoms with van der Waals surface area (Å²) in [6, 6.07) is 11.7. The molecule has 1 N–H and O–H groups in total. The van der Waals surface area contributed by atoms with Crippen LogP contribution in [0.4, 0.5) is 4.39 Å². The van der Waals surface area contributed by atoms with Crippen LogP contribution in [0.2, 0.25) is 0 Å². The summed E-state index contributed by atoms with van der Waals surface area (Å²) in [5, 5.41) is 2.92. The smallest absolute Gasteiger partial charge is 0.231 e. The first kappa shape index (κ1) is 15.3. The molecule has 2 aromatic rings. The number of benzene rings is 2. The first-order valence-electron chi connectivity index (χ1n) is 7.55. The van der Waals surface area contributed by atoms with Gasteiger partial charge < -0.3 is 14.8 Å². The highest BCUT2D eigenvalue weighted by atomic mass is 19.1. The average Bonchev–Trinajstić information content (AvgIpc) is 3.01.